The number of benzene rings is 1. The van der Waals surface area contributed by atoms with E-state index in [1.165, 1.54) is 41.6 Å². The fraction of sp³-hybridized carbons (Fsp3) is 0.500. The molecule has 1 saturated heterocycles. The maximum absolute atomic E-state index is 12.5. The van der Waals surface area contributed by atoms with Gasteiger partial charge in [-0.2, -0.15) is 5.10 Å². The lowest BCUT2D eigenvalue weighted by Gasteiger charge is -2.33. The standard InChI is InChI=1S/C22H30N4O2/c1-3-13-26-21(27)12-11-20(24-26)22(28)23-15-18-9-4-5-10-19(18)16-25-14-7-6-8-17(25)2/h4-5,9-12,17H,3,6-8,13-16H2,1-2H3,(H,23,28). The molecule has 1 N–H and O–H groups in total. The maximum atomic E-state index is 12.5. The zero-order valence-corrected chi connectivity index (χ0v) is 16.9. The van der Waals surface area contributed by atoms with Crippen molar-refractivity contribution in [2.75, 3.05) is 6.54 Å². The van der Waals surface area contributed by atoms with Crippen LogP contribution in [-0.2, 0) is 19.6 Å². The molecule has 1 aromatic carbocycles. The molecular weight excluding hydrogens is 352 g/mol. The van der Waals surface area contributed by atoms with Crippen molar-refractivity contribution in [1.29, 1.82) is 0 Å². The van der Waals surface area contributed by atoms with E-state index in [1.807, 2.05) is 13.0 Å². The highest BCUT2D eigenvalue weighted by Crippen LogP contribution is 2.20. The Balaban J connectivity index is 1.67. The monoisotopic (exact) mass is 382 g/mol. The van der Waals surface area contributed by atoms with Gasteiger partial charge in [0.15, 0.2) is 0 Å². The first-order valence-corrected chi connectivity index (χ1v) is 10.3. The van der Waals surface area contributed by atoms with Crippen molar-refractivity contribution in [2.45, 2.75) is 65.2 Å². The van der Waals surface area contributed by atoms with Crippen LogP contribution in [0.15, 0.2) is 41.2 Å². The zero-order valence-electron chi connectivity index (χ0n) is 16.9. The number of nitrogens with zero attached hydrogens (tertiary/aromatic N) is 3. The summed E-state index contributed by atoms with van der Waals surface area (Å²) in [4.78, 5) is 26.8. The zero-order chi connectivity index (χ0) is 19.9. The summed E-state index contributed by atoms with van der Waals surface area (Å²) >= 11 is 0. The molecule has 1 unspecified atom stereocenters. The van der Waals surface area contributed by atoms with E-state index in [4.69, 9.17) is 0 Å². The van der Waals surface area contributed by atoms with E-state index in [2.05, 4.69) is 40.4 Å². The third kappa shape index (κ3) is 5.07. The van der Waals surface area contributed by atoms with E-state index in [-0.39, 0.29) is 17.2 Å². The third-order valence-corrected chi connectivity index (χ3v) is 5.41. The quantitative estimate of drug-likeness (QED) is 0.799. The molecule has 6 heteroatoms. The number of carbonyl (C=O) groups excluding carboxylic acids is 1. The van der Waals surface area contributed by atoms with Gasteiger partial charge in [-0.1, -0.05) is 37.6 Å². The molecule has 0 bridgehead atoms. The lowest BCUT2D eigenvalue weighted by Crippen LogP contribution is -2.37. The molecule has 1 amide bonds. The van der Waals surface area contributed by atoms with Gasteiger partial charge in [0.1, 0.15) is 5.69 Å². The van der Waals surface area contributed by atoms with E-state index >= 15 is 0 Å². The van der Waals surface area contributed by atoms with E-state index in [0.29, 0.717) is 19.1 Å². The third-order valence-electron chi connectivity index (χ3n) is 5.41. The second kappa shape index (κ2) is 9.64. The van der Waals surface area contributed by atoms with Crippen LogP contribution in [0.1, 0.15) is 61.1 Å². The number of aromatic nitrogens is 2. The Morgan fingerprint density at radius 2 is 1.96 bits per heavy atom. The summed E-state index contributed by atoms with van der Waals surface area (Å²) in [6.07, 6.45) is 4.60. The molecule has 0 aliphatic carbocycles. The van der Waals surface area contributed by atoms with Gasteiger partial charge in [-0.25, -0.2) is 4.68 Å². The van der Waals surface area contributed by atoms with Crippen LogP contribution < -0.4 is 10.9 Å². The van der Waals surface area contributed by atoms with Crippen LogP contribution in [0, 0.1) is 0 Å². The minimum absolute atomic E-state index is 0.181. The Bertz CT molecular complexity index is 862. The molecule has 2 heterocycles. The number of hydrogen-bond donors (Lipinski definition) is 1. The predicted octanol–water partition coefficient (Wildman–Crippen LogP) is 2.96. The van der Waals surface area contributed by atoms with E-state index in [1.54, 1.807) is 0 Å². The summed E-state index contributed by atoms with van der Waals surface area (Å²) in [7, 11) is 0. The average Bonchev–Trinajstić information content (AvgIpc) is 2.70. The Morgan fingerprint density at radius 1 is 1.18 bits per heavy atom. The molecule has 6 nitrogen and oxygen atoms in total. The molecule has 28 heavy (non-hydrogen) atoms. The van der Waals surface area contributed by atoms with Crippen molar-refractivity contribution in [2.24, 2.45) is 0 Å². The molecule has 1 fully saturated rings. The van der Waals surface area contributed by atoms with Gasteiger partial charge in [0.05, 0.1) is 0 Å². The Hall–Kier alpha value is -2.47. The van der Waals surface area contributed by atoms with E-state index < -0.39 is 0 Å². The average molecular weight is 383 g/mol. The Morgan fingerprint density at radius 3 is 2.71 bits per heavy atom. The molecule has 0 saturated carbocycles. The second-order valence-electron chi connectivity index (χ2n) is 7.55. The second-order valence-corrected chi connectivity index (χ2v) is 7.55. The number of nitrogens with one attached hydrogen (secondary N) is 1. The summed E-state index contributed by atoms with van der Waals surface area (Å²) in [6.45, 7) is 7.27. The van der Waals surface area contributed by atoms with Gasteiger partial charge in [0, 0.05) is 31.7 Å². The number of likely N-dealkylation sites (tertiary alicyclic amines) is 1. The molecule has 1 aromatic heterocycles. The highest BCUT2D eigenvalue weighted by molar-refractivity contribution is 5.91. The van der Waals surface area contributed by atoms with Crippen LogP contribution in [0.3, 0.4) is 0 Å². The van der Waals surface area contributed by atoms with Crippen molar-refractivity contribution in [1.82, 2.24) is 20.0 Å². The van der Waals surface area contributed by atoms with Crippen LogP contribution in [-0.4, -0.2) is 33.2 Å². The highest BCUT2D eigenvalue weighted by atomic mass is 16.2. The number of aryl methyl sites for hydroxylation is 1. The fourth-order valence-corrected chi connectivity index (χ4v) is 3.70. The van der Waals surface area contributed by atoms with Crippen LogP contribution in [0.25, 0.3) is 0 Å². The number of piperidine rings is 1. The number of carbonyl (C=O) groups is 1. The maximum Gasteiger partial charge on any atom is 0.271 e. The summed E-state index contributed by atoms with van der Waals surface area (Å²) in [5, 5.41) is 7.14. The van der Waals surface area contributed by atoms with Gasteiger partial charge in [0.2, 0.25) is 0 Å². The largest absolute Gasteiger partial charge is 0.347 e. The topological polar surface area (TPSA) is 67.2 Å². The summed E-state index contributed by atoms with van der Waals surface area (Å²) < 4.78 is 1.35. The van der Waals surface area contributed by atoms with E-state index in [9.17, 15) is 9.59 Å². The van der Waals surface area contributed by atoms with Crippen molar-refractivity contribution >= 4 is 5.91 Å². The summed E-state index contributed by atoms with van der Waals surface area (Å²) in [6, 6.07) is 11.8. The molecule has 0 spiro atoms. The molecule has 1 aliphatic rings. The van der Waals surface area contributed by atoms with Gasteiger partial charge in [0.25, 0.3) is 11.5 Å². The smallest absolute Gasteiger partial charge is 0.271 e. The summed E-state index contributed by atoms with van der Waals surface area (Å²) in [5.41, 5.74) is 2.46. The molecule has 2 aromatic rings. The Labute approximate surface area is 166 Å². The van der Waals surface area contributed by atoms with Gasteiger partial charge in [-0.05, 0) is 49.9 Å². The van der Waals surface area contributed by atoms with Gasteiger partial charge >= 0.3 is 0 Å². The lowest BCUT2D eigenvalue weighted by molar-refractivity contribution is 0.0943. The Kier molecular flexibility index (Phi) is 6.98. The highest BCUT2D eigenvalue weighted by Gasteiger charge is 2.19. The first-order valence-electron chi connectivity index (χ1n) is 10.3. The molecule has 1 atom stereocenters. The molecule has 3 rings (SSSR count). The normalized spacial score (nSPS) is 17.4. The van der Waals surface area contributed by atoms with Crippen molar-refractivity contribution < 1.29 is 4.79 Å². The van der Waals surface area contributed by atoms with E-state index in [0.717, 1.165) is 25.1 Å². The minimum Gasteiger partial charge on any atom is -0.347 e. The van der Waals surface area contributed by atoms with Crippen LogP contribution in [0.4, 0.5) is 0 Å². The van der Waals surface area contributed by atoms with Crippen molar-refractivity contribution in [3.8, 4) is 0 Å². The minimum atomic E-state index is -0.258. The number of rotatable bonds is 7. The van der Waals surface area contributed by atoms with Crippen molar-refractivity contribution in [3.63, 3.8) is 0 Å². The number of amides is 1. The van der Waals surface area contributed by atoms with Crippen molar-refractivity contribution in [3.05, 3.63) is 63.6 Å². The van der Waals surface area contributed by atoms with Crippen LogP contribution >= 0.6 is 0 Å². The molecule has 1 aliphatic heterocycles. The van der Waals surface area contributed by atoms with Crippen LogP contribution in [0.5, 0.6) is 0 Å². The van der Waals surface area contributed by atoms with Gasteiger partial charge < -0.3 is 5.32 Å². The first kappa shape index (κ1) is 20.3. The molecular formula is C22H30N4O2. The SMILES string of the molecule is CCCn1nc(C(=O)NCc2ccccc2CN2CCCCC2C)ccc1=O. The fourth-order valence-electron chi connectivity index (χ4n) is 3.70. The number of hydrogen-bond acceptors (Lipinski definition) is 4. The molecule has 150 valence electrons. The predicted molar refractivity (Wildman–Crippen MR) is 110 cm³/mol. The van der Waals surface area contributed by atoms with Crippen LogP contribution in [0.2, 0.25) is 0 Å². The van der Waals surface area contributed by atoms with Gasteiger partial charge in [-0.3, -0.25) is 14.5 Å². The van der Waals surface area contributed by atoms with Gasteiger partial charge in [-0.15, -0.1) is 0 Å². The lowest BCUT2D eigenvalue weighted by atomic mass is 10.0. The first-order chi connectivity index (χ1) is 13.6. The molecule has 0 radical (unpaired) electrons. The summed E-state index contributed by atoms with van der Waals surface area (Å²) in [5.74, 6) is -0.258.